The second-order valence-corrected chi connectivity index (χ2v) is 8.89. The molecule has 2 atom stereocenters. The van der Waals surface area contributed by atoms with Crippen LogP contribution in [0.2, 0.25) is 0 Å². The van der Waals surface area contributed by atoms with E-state index in [-0.39, 0.29) is 30.1 Å². The molecule has 0 aliphatic carbocycles. The molecule has 10 nitrogen and oxygen atoms in total. The molecule has 2 N–H and O–H groups in total. The van der Waals surface area contributed by atoms with Crippen LogP contribution >= 0.6 is 0 Å². The number of hydrogen-bond donors (Lipinski definition) is 2. The predicted octanol–water partition coefficient (Wildman–Crippen LogP) is 3.72. The van der Waals surface area contributed by atoms with E-state index in [1.165, 1.54) is 0 Å². The quantitative estimate of drug-likeness (QED) is 0.263. The number of nitrogens with one attached hydrogen (secondary N) is 1. The summed E-state index contributed by atoms with van der Waals surface area (Å²) in [4.78, 5) is 19.9. The smallest absolute Gasteiger partial charge is 0.434 e. The van der Waals surface area contributed by atoms with Gasteiger partial charge in [-0.3, -0.25) is 4.79 Å². The minimum atomic E-state index is -4.87. The SMILES string of the molecule is O=C(OC[C@@H](O)c1ccc(-c2noc(-c3cnn(-c4ccc(F)cn4)c3C(F)(F)F)n2)cc1)C1CCCNC1. The highest BCUT2D eigenvalue weighted by Crippen LogP contribution is 2.38. The van der Waals surface area contributed by atoms with Crippen molar-refractivity contribution in [3.63, 3.8) is 0 Å². The highest BCUT2D eigenvalue weighted by atomic mass is 19.4. The van der Waals surface area contributed by atoms with Crippen LogP contribution < -0.4 is 5.32 Å². The van der Waals surface area contributed by atoms with Crippen LogP contribution in [0.5, 0.6) is 0 Å². The van der Waals surface area contributed by atoms with E-state index in [1.807, 2.05) is 0 Å². The van der Waals surface area contributed by atoms with Crippen LogP contribution in [0.4, 0.5) is 17.6 Å². The van der Waals surface area contributed by atoms with Crippen LogP contribution in [0, 0.1) is 11.7 Å². The minimum absolute atomic E-state index is 0.00282. The van der Waals surface area contributed by atoms with Crippen LogP contribution in [-0.2, 0) is 15.7 Å². The third kappa shape index (κ3) is 5.81. The molecule has 4 aromatic rings. The van der Waals surface area contributed by atoms with E-state index in [9.17, 15) is 27.5 Å². The summed E-state index contributed by atoms with van der Waals surface area (Å²) >= 11 is 0. The molecule has 3 aromatic heterocycles. The number of piperidine rings is 1. The Labute approximate surface area is 218 Å². The van der Waals surface area contributed by atoms with Gasteiger partial charge in [-0.25, -0.2) is 14.1 Å². The summed E-state index contributed by atoms with van der Waals surface area (Å²) < 4.78 is 65.9. The van der Waals surface area contributed by atoms with Gasteiger partial charge >= 0.3 is 12.1 Å². The minimum Gasteiger partial charge on any atom is -0.462 e. The van der Waals surface area contributed by atoms with Crippen LogP contribution in [0.1, 0.15) is 30.2 Å². The molecule has 0 saturated carbocycles. The molecule has 1 fully saturated rings. The van der Waals surface area contributed by atoms with Crippen molar-refractivity contribution >= 4 is 5.97 Å². The lowest BCUT2D eigenvalue weighted by Crippen LogP contribution is -2.35. The van der Waals surface area contributed by atoms with Crippen molar-refractivity contribution in [1.29, 1.82) is 0 Å². The van der Waals surface area contributed by atoms with Gasteiger partial charge in [0.25, 0.3) is 5.89 Å². The Hall–Kier alpha value is -4.17. The zero-order valence-electron chi connectivity index (χ0n) is 20.2. The summed E-state index contributed by atoms with van der Waals surface area (Å²) in [5.41, 5.74) is -0.819. The van der Waals surface area contributed by atoms with Crippen molar-refractivity contribution < 1.29 is 36.7 Å². The van der Waals surface area contributed by atoms with Gasteiger partial charge in [0, 0.05) is 12.1 Å². The Kier molecular flexibility index (Phi) is 7.39. The molecular weight excluding hydrogens is 524 g/mol. The van der Waals surface area contributed by atoms with E-state index in [4.69, 9.17) is 9.26 Å². The number of halogens is 4. The first kappa shape index (κ1) is 26.4. The van der Waals surface area contributed by atoms with Crippen molar-refractivity contribution in [3.8, 4) is 28.7 Å². The number of ether oxygens (including phenoxy) is 1. The number of benzene rings is 1. The summed E-state index contributed by atoms with van der Waals surface area (Å²) in [6.07, 6.45) is -2.63. The fraction of sp³-hybridized carbons (Fsp3) is 0.320. The fourth-order valence-electron chi connectivity index (χ4n) is 4.18. The molecule has 0 amide bonds. The number of carbonyl (C=O) groups is 1. The Bertz CT molecular complexity index is 1430. The molecule has 1 aliphatic rings. The predicted molar refractivity (Wildman–Crippen MR) is 127 cm³/mol. The number of pyridine rings is 1. The molecule has 0 spiro atoms. The lowest BCUT2D eigenvalue weighted by molar-refractivity contribution is -0.152. The molecule has 204 valence electrons. The van der Waals surface area contributed by atoms with Gasteiger partial charge in [-0.05, 0) is 37.1 Å². The van der Waals surface area contributed by atoms with E-state index < -0.39 is 35.2 Å². The maximum Gasteiger partial charge on any atom is 0.434 e. The molecular formula is C25H22F4N6O4. The van der Waals surface area contributed by atoms with Crippen LogP contribution in [0.15, 0.2) is 53.3 Å². The summed E-state index contributed by atoms with van der Waals surface area (Å²) in [6, 6.07) is 8.25. The van der Waals surface area contributed by atoms with Crippen molar-refractivity contribution in [1.82, 2.24) is 30.2 Å². The van der Waals surface area contributed by atoms with Gasteiger partial charge in [-0.1, -0.05) is 29.4 Å². The molecule has 4 heterocycles. The third-order valence-corrected chi connectivity index (χ3v) is 6.19. The monoisotopic (exact) mass is 546 g/mol. The van der Waals surface area contributed by atoms with E-state index in [1.54, 1.807) is 24.3 Å². The number of alkyl halides is 3. The first-order valence-corrected chi connectivity index (χ1v) is 12.0. The normalized spacial score (nSPS) is 16.7. The first-order valence-electron chi connectivity index (χ1n) is 12.0. The summed E-state index contributed by atoms with van der Waals surface area (Å²) in [5, 5.41) is 21.1. The number of hydrogen-bond acceptors (Lipinski definition) is 9. The molecule has 0 radical (unpaired) electrons. The fourth-order valence-corrected chi connectivity index (χ4v) is 4.18. The number of aliphatic hydroxyl groups is 1. The highest BCUT2D eigenvalue weighted by Gasteiger charge is 2.41. The number of rotatable bonds is 7. The van der Waals surface area contributed by atoms with Crippen molar-refractivity contribution in [2.45, 2.75) is 25.1 Å². The van der Waals surface area contributed by atoms with E-state index in [2.05, 4.69) is 25.5 Å². The van der Waals surface area contributed by atoms with Crippen molar-refractivity contribution in [3.05, 3.63) is 65.9 Å². The van der Waals surface area contributed by atoms with Crippen LogP contribution in [-0.4, -0.2) is 55.7 Å². The van der Waals surface area contributed by atoms with Crippen molar-refractivity contribution in [2.75, 3.05) is 19.7 Å². The number of aliphatic hydroxyl groups excluding tert-OH is 1. The lowest BCUT2D eigenvalue weighted by Gasteiger charge is -2.22. The Balaban J connectivity index is 1.31. The Morgan fingerprint density at radius 3 is 2.67 bits per heavy atom. The summed E-state index contributed by atoms with van der Waals surface area (Å²) in [7, 11) is 0. The van der Waals surface area contributed by atoms with Gasteiger partial charge in [0.15, 0.2) is 11.5 Å². The Morgan fingerprint density at radius 1 is 1.21 bits per heavy atom. The molecule has 1 aliphatic heterocycles. The zero-order chi connectivity index (χ0) is 27.6. The Morgan fingerprint density at radius 2 is 2.00 bits per heavy atom. The maximum atomic E-state index is 14.0. The van der Waals surface area contributed by atoms with Crippen LogP contribution in [0.25, 0.3) is 28.7 Å². The second-order valence-electron chi connectivity index (χ2n) is 8.89. The summed E-state index contributed by atoms with van der Waals surface area (Å²) in [5.74, 6) is -1.99. The first-order chi connectivity index (χ1) is 18.7. The molecule has 1 aromatic carbocycles. The topological polar surface area (TPSA) is 128 Å². The zero-order valence-corrected chi connectivity index (χ0v) is 20.2. The average molecular weight is 546 g/mol. The van der Waals surface area contributed by atoms with E-state index in [0.29, 0.717) is 22.4 Å². The molecule has 1 saturated heterocycles. The molecule has 5 rings (SSSR count). The second kappa shape index (κ2) is 10.9. The van der Waals surface area contributed by atoms with Gasteiger partial charge in [-0.15, -0.1) is 0 Å². The number of aromatic nitrogens is 5. The van der Waals surface area contributed by atoms with E-state index >= 15 is 0 Å². The van der Waals surface area contributed by atoms with Gasteiger partial charge in [0.05, 0.1) is 23.9 Å². The van der Waals surface area contributed by atoms with Gasteiger partial charge < -0.3 is 19.7 Å². The molecule has 14 heteroatoms. The highest BCUT2D eigenvalue weighted by molar-refractivity contribution is 5.72. The molecule has 0 bridgehead atoms. The van der Waals surface area contributed by atoms with Gasteiger partial charge in [-0.2, -0.15) is 23.3 Å². The third-order valence-electron chi connectivity index (χ3n) is 6.19. The van der Waals surface area contributed by atoms with Crippen LogP contribution in [0.3, 0.4) is 0 Å². The number of esters is 1. The number of carbonyl (C=O) groups excluding carboxylic acids is 1. The average Bonchev–Trinajstić information content (AvgIpc) is 3.60. The lowest BCUT2D eigenvalue weighted by atomic mass is 10.00. The summed E-state index contributed by atoms with van der Waals surface area (Å²) in [6.45, 7) is 1.19. The standard InChI is InChI=1S/C25H22F4N6O4/c26-17-7-8-20(31-11-17)35-21(25(27,28)29)18(12-32-35)23-33-22(34-39-23)15-5-3-14(4-6-15)19(36)13-38-24(37)16-2-1-9-30-10-16/h3-8,11-12,16,19,30,36H,1-2,9-10,13H2/t16?,19-/m1/s1. The van der Waals surface area contributed by atoms with Crippen molar-refractivity contribution in [2.24, 2.45) is 5.92 Å². The van der Waals surface area contributed by atoms with Gasteiger partial charge in [0.2, 0.25) is 5.82 Å². The molecule has 39 heavy (non-hydrogen) atoms. The van der Waals surface area contributed by atoms with Gasteiger partial charge in [0.1, 0.15) is 18.5 Å². The largest absolute Gasteiger partial charge is 0.462 e. The van der Waals surface area contributed by atoms with E-state index in [0.717, 1.165) is 43.9 Å². The number of nitrogens with zero attached hydrogens (tertiary/aromatic N) is 5. The molecule has 1 unspecified atom stereocenters. The maximum absolute atomic E-state index is 14.0.